The van der Waals surface area contributed by atoms with Gasteiger partial charge >= 0.3 is 5.97 Å². The number of ether oxygens (including phenoxy) is 3. The molecule has 3 rings (SSSR count). The highest BCUT2D eigenvalue weighted by Gasteiger charge is 2.09. The van der Waals surface area contributed by atoms with Gasteiger partial charge < -0.3 is 14.2 Å². The molecule has 1 N–H and O–H groups in total. The Morgan fingerprint density at radius 2 is 1.70 bits per heavy atom. The molecule has 0 spiro atoms. The Morgan fingerprint density at radius 3 is 2.42 bits per heavy atom. The lowest BCUT2D eigenvalue weighted by atomic mass is 10.2. The van der Waals surface area contributed by atoms with Crippen LogP contribution < -0.4 is 19.6 Å². The van der Waals surface area contributed by atoms with Crippen molar-refractivity contribution in [3.8, 4) is 17.2 Å². The average Bonchev–Trinajstić information content (AvgIpc) is 2.84. The minimum atomic E-state index is -0.528. The van der Waals surface area contributed by atoms with Crippen LogP contribution in [0.5, 0.6) is 17.2 Å². The summed E-state index contributed by atoms with van der Waals surface area (Å²) in [7, 11) is 1.47. The van der Waals surface area contributed by atoms with E-state index in [2.05, 4.69) is 10.5 Å². The fourth-order valence-electron chi connectivity index (χ4n) is 2.71. The number of esters is 1. The van der Waals surface area contributed by atoms with Gasteiger partial charge in [0.15, 0.2) is 18.1 Å². The summed E-state index contributed by atoms with van der Waals surface area (Å²) in [6.45, 7) is 1.81. The summed E-state index contributed by atoms with van der Waals surface area (Å²) in [5.74, 6) is 0.310. The van der Waals surface area contributed by atoms with Crippen molar-refractivity contribution in [1.82, 2.24) is 5.43 Å². The van der Waals surface area contributed by atoms with Crippen LogP contribution in [0.2, 0.25) is 0 Å². The zero-order valence-electron chi connectivity index (χ0n) is 18.4. The Bertz CT molecular complexity index is 1140. The molecule has 0 saturated carbocycles. The first kappa shape index (κ1) is 23.3. The van der Waals surface area contributed by atoms with Gasteiger partial charge in [-0.15, -0.1) is 0 Å². The number of aryl methyl sites for hydroxylation is 1. The molecule has 0 fully saturated rings. The van der Waals surface area contributed by atoms with Crippen LogP contribution in [0, 0.1) is 6.92 Å². The summed E-state index contributed by atoms with van der Waals surface area (Å²) in [5.41, 5.74) is 5.04. The minimum absolute atomic E-state index is 0.158. The van der Waals surface area contributed by atoms with E-state index in [9.17, 15) is 9.59 Å². The Morgan fingerprint density at radius 1 is 0.939 bits per heavy atom. The fraction of sp³-hybridized carbons (Fsp3) is 0.115. The van der Waals surface area contributed by atoms with E-state index < -0.39 is 11.9 Å². The van der Waals surface area contributed by atoms with Gasteiger partial charge in [-0.05, 0) is 54.5 Å². The maximum atomic E-state index is 12.1. The maximum absolute atomic E-state index is 12.1. The number of rotatable bonds is 9. The molecule has 0 atom stereocenters. The number of hydrazone groups is 1. The largest absolute Gasteiger partial charge is 0.493 e. The van der Waals surface area contributed by atoms with Crippen LogP contribution in [0.3, 0.4) is 0 Å². The SMILES string of the molecule is COc1cc(/C=N/NC(=O)COc2ccc(C)cc2)ccc1OC(=O)/C=C/c1ccccc1. The predicted molar refractivity (Wildman–Crippen MR) is 127 cm³/mol. The monoisotopic (exact) mass is 444 g/mol. The highest BCUT2D eigenvalue weighted by atomic mass is 16.6. The Hall–Kier alpha value is -4.39. The van der Waals surface area contributed by atoms with Gasteiger partial charge in [0.2, 0.25) is 0 Å². The van der Waals surface area contributed by atoms with Crippen molar-refractivity contribution in [2.75, 3.05) is 13.7 Å². The first-order chi connectivity index (χ1) is 16.0. The van der Waals surface area contributed by atoms with Crippen molar-refractivity contribution in [2.45, 2.75) is 6.92 Å². The molecule has 3 aromatic rings. The number of amides is 1. The highest BCUT2D eigenvalue weighted by Crippen LogP contribution is 2.27. The number of carbonyl (C=O) groups excluding carboxylic acids is 2. The van der Waals surface area contributed by atoms with Gasteiger partial charge in [0.25, 0.3) is 5.91 Å². The Kier molecular flexibility index (Phi) is 8.36. The van der Waals surface area contributed by atoms with Gasteiger partial charge in [-0.2, -0.15) is 5.10 Å². The summed E-state index contributed by atoms with van der Waals surface area (Å²) in [6, 6.07) is 21.7. The molecule has 0 aliphatic carbocycles. The average molecular weight is 444 g/mol. The minimum Gasteiger partial charge on any atom is -0.493 e. The molecule has 168 valence electrons. The molecule has 33 heavy (non-hydrogen) atoms. The van der Waals surface area contributed by atoms with Crippen LogP contribution in [0.4, 0.5) is 0 Å². The molecule has 0 saturated heterocycles. The summed E-state index contributed by atoms with van der Waals surface area (Å²) in [6.07, 6.45) is 4.46. The van der Waals surface area contributed by atoms with Crippen LogP contribution in [-0.4, -0.2) is 31.8 Å². The van der Waals surface area contributed by atoms with Crippen LogP contribution in [-0.2, 0) is 9.59 Å². The number of carbonyl (C=O) groups is 2. The molecule has 0 aliphatic rings. The zero-order valence-corrected chi connectivity index (χ0v) is 18.4. The van der Waals surface area contributed by atoms with E-state index in [1.165, 1.54) is 19.4 Å². The third kappa shape index (κ3) is 7.66. The number of nitrogens with zero attached hydrogens (tertiary/aromatic N) is 1. The second kappa shape index (κ2) is 11.9. The number of methoxy groups -OCH3 is 1. The quantitative estimate of drug-likeness (QED) is 0.176. The lowest BCUT2D eigenvalue weighted by Crippen LogP contribution is -2.24. The van der Waals surface area contributed by atoms with Crippen LogP contribution in [0.1, 0.15) is 16.7 Å². The van der Waals surface area contributed by atoms with Gasteiger partial charge in [0, 0.05) is 6.08 Å². The van der Waals surface area contributed by atoms with E-state index in [-0.39, 0.29) is 12.4 Å². The van der Waals surface area contributed by atoms with Crippen molar-refractivity contribution >= 4 is 24.2 Å². The summed E-state index contributed by atoms with van der Waals surface area (Å²) in [5, 5.41) is 3.92. The maximum Gasteiger partial charge on any atom is 0.336 e. The van der Waals surface area contributed by atoms with E-state index in [1.54, 1.807) is 36.4 Å². The van der Waals surface area contributed by atoms with Crippen molar-refractivity contribution in [3.63, 3.8) is 0 Å². The van der Waals surface area contributed by atoms with Crippen molar-refractivity contribution in [2.24, 2.45) is 5.10 Å². The highest BCUT2D eigenvalue weighted by molar-refractivity contribution is 5.89. The molecule has 0 unspecified atom stereocenters. The number of hydrogen-bond donors (Lipinski definition) is 1. The summed E-state index contributed by atoms with van der Waals surface area (Å²) in [4.78, 5) is 24.0. The molecule has 0 heterocycles. The van der Waals surface area contributed by atoms with E-state index in [4.69, 9.17) is 14.2 Å². The van der Waals surface area contributed by atoms with Gasteiger partial charge in [-0.25, -0.2) is 10.2 Å². The second-order valence-electron chi connectivity index (χ2n) is 6.97. The van der Waals surface area contributed by atoms with Crippen molar-refractivity contribution in [3.05, 3.63) is 95.6 Å². The van der Waals surface area contributed by atoms with Gasteiger partial charge in [0.1, 0.15) is 5.75 Å². The molecule has 7 nitrogen and oxygen atoms in total. The van der Waals surface area contributed by atoms with Gasteiger partial charge in [-0.3, -0.25) is 4.79 Å². The molecular weight excluding hydrogens is 420 g/mol. The molecule has 7 heteroatoms. The molecule has 0 aliphatic heterocycles. The number of nitrogens with one attached hydrogen (secondary N) is 1. The standard InChI is InChI=1S/C26H24N2O5/c1-19-8-12-22(13-9-19)32-18-25(29)28-27-17-21-10-14-23(24(16-21)31-2)33-26(30)15-11-20-6-4-3-5-7-20/h3-17H,18H2,1-2H3,(H,28,29)/b15-11+,27-17+. The molecule has 1 amide bonds. The van der Waals surface area contributed by atoms with Crippen LogP contribution >= 0.6 is 0 Å². The van der Waals surface area contributed by atoms with Gasteiger partial charge in [-0.1, -0.05) is 48.0 Å². The van der Waals surface area contributed by atoms with E-state index in [1.807, 2.05) is 49.4 Å². The Balaban J connectivity index is 1.52. The topological polar surface area (TPSA) is 86.2 Å². The molecule has 0 radical (unpaired) electrons. The summed E-state index contributed by atoms with van der Waals surface area (Å²) >= 11 is 0. The Labute approximate surface area is 192 Å². The predicted octanol–water partition coefficient (Wildman–Crippen LogP) is 4.15. The van der Waals surface area contributed by atoms with Crippen molar-refractivity contribution < 1.29 is 23.8 Å². The first-order valence-electron chi connectivity index (χ1n) is 10.2. The van der Waals surface area contributed by atoms with Crippen molar-refractivity contribution in [1.29, 1.82) is 0 Å². The normalized spacial score (nSPS) is 10.8. The van der Waals surface area contributed by atoms with Crippen LogP contribution in [0.15, 0.2) is 84.0 Å². The summed E-state index contributed by atoms with van der Waals surface area (Å²) < 4.78 is 16.1. The lowest BCUT2D eigenvalue weighted by Gasteiger charge is -2.08. The molecule has 3 aromatic carbocycles. The first-order valence-corrected chi connectivity index (χ1v) is 10.2. The third-order valence-corrected chi connectivity index (χ3v) is 4.40. The van der Waals surface area contributed by atoms with E-state index in [0.29, 0.717) is 17.1 Å². The number of hydrogen-bond acceptors (Lipinski definition) is 6. The zero-order chi connectivity index (χ0) is 23.5. The number of benzene rings is 3. The van der Waals surface area contributed by atoms with E-state index in [0.717, 1.165) is 11.1 Å². The lowest BCUT2D eigenvalue weighted by molar-refractivity contribution is -0.129. The molecule has 0 aromatic heterocycles. The molecule has 0 bridgehead atoms. The fourth-order valence-corrected chi connectivity index (χ4v) is 2.71. The third-order valence-electron chi connectivity index (χ3n) is 4.40. The van der Waals surface area contributed by atoms with Crippen LogP contribution in [0.25, 0.3) is 6.08 Å². The molecular formula is C26H24N2O5. The second-order valence-corrected chi connectivity index (χ2v) is 6.97. The van der Waals surface area contributed by atoms with E-state index >= 15 is 0 Å². The van der Waals surface area contributed by atoms with Gasteiger partial charge in [0.05, 0.1) is 13.3 Å². The smallest absolute Gasteiger partial charge is 0.336 e.